The van der Waals surface area contributed by atoms with Gasteiger partial charge in [0.1, 0.15) is 0 Å². The summed E-state index contributed by atoms with van der Waals surface area (Å²) in [5.74, 6) is 0.730. The van der Waals surface area contributed by atoms with Crippen LogP contribution in [-0.4, -0.2) is 25.3 Å². The van der Waals surface area contributed by atoms with E-state index < -0.39 is 0 Å². The first-order valence-electron chi connectivity index (χ1n) is 7.66. The number of epoxide rings is 1. The van der Waals surface area contributed by atoms with E-state index in [-0.39, 0.29) is 11.4 Å². The molecule has 0 bridgehead atoms. The summed E-state index contributed by atoms with van der Waals surface area (Å²) >= 11 is 0. The van der Waals surface area contributed by atoms with E-state index in [2.05, 4.69) is 20.8 Å². The lowest BCUT2D eigenvalue weighted by atomic mass is 9.62. The van der Waals surface area contributed by atoms with Gasteiger partial charge >= 0.3 is 5.97 Å². The van der Waals surface area contributed by atoms with Gasteiger partial charge in [-0.25, -0.2) is 0 Å². The fourth-order valence-corrected chi connectivity index (χ4v) is 3.43. The Bertz CT molecular complexity index is 317. The third kappa shape index (κ3) is 3.50. The van der Waals surface area contributed by atoms with Crippen molar-refractivity contribution in [1.82, 2.24) is 0 Å². The van der Waals surface area contributed by atoms with Crippen LogP contribution < -0.4 is 0 Å². The van der Waals surface area contributed by atoms with Crippen molar-refractivity contribution >= 4 is 5.97 Å². The molecule has 0 spiro atoms. The molecule has 110 valence electrons. The number of esters is 1. The van der Waals surface area contributed by atoms with Gasteiger partial charge in [0, 0.05) is 0 Å². The Labute approximate surface area is 117 Å². The zero-order valence-electron chi connectivity index (χ0n) is 12.8. The molecule has 0 N–H and O–H groups in total. The molecule has 0 aromatic heterocycles. The van der Waals surface area contributed by atoms with Gasteiger partial charge in [-0.2, -0.15) is 0 Å². The van der Waals surface area contributed by atoms with Crippen molar-refractivity contribution < 1.29 is 14.3 Å². The molecule has 2 fully saturated rings. The summed E-state index contributed by atoms with van der Waals surface area (Å²) in [5, 5.41) is 0. The average molecular weight is 268 g/mol. The summed E-state index contributed by atoms with van der Waals surface area (Å²) in [6, 6.07) is 0. The summed E-state index contributed by atoms with van der Waals surface area (Å²) in [6.07, 6.45) is 5.36. The molecular weight excluding hydrogens is 240 g/mol. The van der Waals surface area contributed by atoms with Gasteiger partial charge < -0.3 is 9.47 Å². The molecule has 1 heterocycles. The van der Waals surface area contributed by atoms with E-state index in [0.717, 1.165) is 44.6 Å². The standard InChI is InChI=1S/C16H28O3/c1-5-18-14(17)16(10-13-11-19-13)8-6-12(7-9-16)15(2,3)4/h12-13H,5-11H2,1-4H3. The van der Waals surface area contributed by atoms with Gasteiger partial charge in [-0.3, -0.25) is 4.79 Å². The predicted molar refractivity (Wildman–Crippen MR) is 74.8 cm³/mol. The van der Waals surface area contributed by atoms with Gasteiger partial charge in [-0.15, -0.1) is 0 Å². The topological polar surface area (TPSA) is 38.8 Å². The van der Waals surface area contributed by atoms with Crippen molar-refractivity contribution in [2.24, 2.45) is 16.7 Å². The van der Waals surface area contributed by atoms with E-state index in [1.807, 2.05) is 6.92 Å². The van der Waals surface area contributed by atoms with Crippen molar-refractivity contribution in [1.29, 1.82) is 0 Å². The molecule has 1 atom stereocenters. The van der Waals surface area contributed by atoms with Crippen LogP contribution in [0.1, 0.15) is 59.8 Å². The molecular formula is C16H28O3. The molecule has 3 nitrogen and oxygen atoms in total. The largest absolute Gasteiger partial charge is 0.466 e. The van der Waals surface area contributed by atoms with Crippen LogP contribution in [-0.2, 0) is 14.3 Å². The van der Waals surface area contributed by atoms with Crippen molar-refractivity contribution in [3.8, 4) is 0 Å². The molecule has 1 unspecified atom stereocenters. The molecule has 1 saturated heterocycles. The molecule has 19 heavy (non-hydrogen) atoms. The van der Waals surface area contributed by atoms with Crippen molar-refractivity contribution in [3.63, 3.8) is 0 Å². The van der Waals surface area contributed by atoms with Crippen molar-refractivity contribution in [3.05, 3.63) is 0 Å². The Hall–Kier alpha value is -0.570. The number of hydrogen-bond acceptors (Lipinski definition) is 3. The summed E-state index contributed by atoms with van der Waals surface area (Å²) < 4.78 is 10.7. The molecule has 1 aliphatic carbocycles. The van der Waals surface area contributed by atoms with Crippen LogP contribution in [0.5, 0.6) is 0 Å². The minimum atomic E-state index is -0.265. The lowest BCUT2D eigenvalue weighted by Crippen LogP contribution is -2.40. The monoisotopic (exact) mass is 268 g/mol. The molecule has 2 rings (SSSR count). The number of carbonyl (C=O) groups excluding carboxylic acids is 1. The molecule has 2 aliphatic rings. The van der Waals surface area contributed by atoms with Crippen LogP contribution in [0.25, 0.3) is 0 Å². The van der Waals surface area contributed by atoms with Gasteiger partial charge in [-0.1, -0.05) is 20.8 Å². The lowest BCUT2D eigenvalue weighted by Gasteiger charge is -2.42. The highest BCUT2D eigenvalue weighted by atomic mass is 16.6. The maximum absolute atomic E-state index is 12.4. The van der Waals surface area contributed by atoms with Gasteiger partial charge in [0.05, 0.1) is 24.7 Å². The third-order valence-electron chi connectivity index (χ3n) is 4.90. The molecule has 3 heteroatoms. The Morgan fingerprint density at radius 2 is 1.89 bits per heavy atom. The highest BCUT2D eigenvalue weighted by Crippen LogP contribution is 2.49. The number of ether oxygens (including phenoxy) is 2. The highest BCUT2D eigenvalue weighted by molar-refractivity contribution is 5.77. The maximum Gasteiger partial charge on any atom is 0.312 e. The van der Waals surface area contributed by atoms with Crippen LogP contribution in [0.2, 0.25) is 0 Å². The van der Waals surface area contributed by atoms with E-state index in [1.54, 1.807) is 0 Å². The maximum atomic E-state index is 12.4. The first-order valence-corrected chi connectivity index (χ1v) is 7.66. The van der Waals surface area contributed by atoms with E-state index >= 15 is 0 Å². The van der Waals surface area contributed by atoms with Gasteiger partial charge in [0.2, 0.25) is 0 Å². The van der Waals surface area contributed by atoms with Crippen LogP contribution in [0.3, 0.4) is 0 Å². The Kier molecular flexibility index (Phi) is 4.24. The fraction of sp³-hybridized carbons (Fsp3) is 0.938. The quantitative estimate of drug-likeness (QED) is 0.578. The minimum absolute atomic E-state index is 0.0119. The van der Waals surface area contributed by atoms with Gasteiger partial charge in [0.15, 0.2) is 0 Å². The smallest absolute Gasteiger partial charge is 0.312 e. The zero-order valence-corrected chi connectivity index (χ0v) is 12.8. The molecule has 0 aromatic carbocycles. The third-order valence-corrected chi connectivity index (χ3v) is 4.90. The number of rotatable bonds is 4. The second kappa shape index (κ2) is 5.43. The first-order chi connectivity index (χ1) is 8.87. The van der Waals surface area contributed by atoms with Gasteiger partial charge in [-0.05, 0) is 50.4 Å². The van der Waals surface area contributed by atoms with Crippen LogP contribution >= 0.6 is 0 Å². The summed E-state index contributed by atoms with van der Waals surface area (Å²) in [6.45, 7) is 10.1. The molecule has 1 aliphatic heterocycles. The molecule has 1 saturated carbocycles. The van der Waals surface area contributed by atoms with E-state index in [0.29, 0.717) is 18.1 Å². The highest BCUT2D eigenvalue weighted by Gasteiger charge is 2.48. The van der Waals surface area contributed by atoms with Crippen LogP contribution in [0.15, 0.2) is 0 Å². The predicted octanol–water partition coefficient (Wildman–Crippen LogP) is 3.56. The lowest BCUT2D eigenvalue weighted by molar-refractivity contribution is -0.159. The molecule has 0 radical (unpaired) electrons. The minimum Gasteiger partial charge on any atom is -0.466 e. The SMILES string of the molecule is CCOC(=O)C1(CC2CO2)CCC(C(C)(C)C)CC1. The molecule has 0 amide bonds. The zero-order chi connectivity index (χ0) is 14.1. The van der Waals surface area contributed by atoms with E-state index in [1.165, 1.54) is 0 Å². The molecule has 0 aromatic rings. The second-order valence-electron chi connectivity index (χ2n) is 7.30. The summed E-state index contributed by atoms with van der Waals surface area (Å²) in [7, 11) is 0. The summed E-state index contributed by atoms with van der Waals surface area (Å²) in [5.41, 5.74) is 0.0792. The second-order valence-corrected chi connectivity index (χ2v) is 7.30. The Morgan fingerprint density at radius 3 is 2.32 bits per heavy atom. The normalized spacial score (nSPS) is 34.9. The first kappa shape index (κ1) is 14.8. The van der Waals surface area contributed by atoms with Crippen LogP contribution in [0.4, 0.5) is 0 Å². The Balaban J connectivity index is 2.02. The Morgan fingerprint density at radius 1 is 1.32 bits per heavy atom. The van der Waals surface area contributed by atoms with Crippen LogP contribution in [0, 0.1) is 16.7 Å². The van der Waals surface area contributed by atoms with E-state index in [9.17, 15) is 4.79 Å². The fourth-order valence-electron chi connectivity index (χ4n) is 3.43. The van der Waals surface area contributed by atoms with Crippen molar-refractivity contribution in [2.45, 2.75) is 65.9 Å². The van der Waals surface area contributed by atoms with E-state index in [4.69, 9.17) is 9.47 Å². The number of hydrogen-bond donors (Lipinski definition) is 0. The van der Waals surface area contributed by atoms with Gasteiger partial charge in [0.25, 0.3) is 0 Å². The number of carbonyl (C=O) groups is 1. The summed E-state index contributed by atoms with van der Waals surface area (Å²) in [4.78, 5) is 12.4. The van der Waals surface area contributed by atoms with Crippen molar-refractivity contribution in [2.75, 3.05) is 13.2 Å². The average Bonchev–Trinajstić information content (AvgIpc) is 3.12.